The van der Waals surface area contributed by atoms with Crippen LogP contribution in [0.1, 0.15) is 35.6 Å². The van der Waals surface area contributed by atoms with E-state index in [1.165, 1.54) is 16.7 Å². The third-order valence-electron chi connectivity index (χ3n) is 3.40. The topological polar surface area (TPSA) is 35.2 Å². The van der Waals surface area contributed by atoms with Crippen LogP contribution in [0.15, 0.2) is 18.2 Å². The van der Waals surface area contributed by atoms with Gasteiger partial charge in [-0.2, -0.15) is 0 Å². The Morgan fingerprint density at radius 2 is 1.69 bits per heavy atom. The molecule has 88 valence electrons. The van der Waals surface area contributed by atoms with E-state index < -0.39 is 0 Å². The molecule has 16 heavy (non-hydrogen) atoms. The Morgan fingerprint density at radius 1 is 1.12 bits per heavy atom. The van der Waals surface area contributed by atoms with Gasteiger partial charge in [0, 0.05) is 19.3 Å². The molecule has 2 N–H and O–H groups in total. The molecule has 1 saturated heterocycles. The molecule has 0 amide bonds. The highest BCUT2D eigenvalue weighted by Gasteiger charge is 2.22. The molecule has 1 fully saturated rings. The van der Waals surface area contributed by atoms with Gasteiger partial charge in [-0.05, 0) is 38.2 Å². The molecule has 0 radical (unpaired) electrons. The van der Waals surface area contributed by atoms with Crippen LogP contribution in [0.5, 0.6) is 0 Å². The van der Waals surface area contributed by atoms with Crippen LogP contribution >= 0.6 is 0 Å². The number of ether oxygens (including phenoxy) is 1. The minimum Gasteiger partial charge on any atom is -0.381 e. The average molecular weight is 219 g/mol. The summed E-state index contributed by atoms with van der Waals surface area (Å²) in [5, 5.41) is 0. The van der Waals surface area contributed by atoms with Crippen molar-refractivity contribution >= 4 is 0 Å². The molecule has 2 nitrogen and oxygen atoms in total. The molecular formula is C14H21NO. The van der Waals surface area contributed by atoms with Gasteiger partial charge in [0.15, 0.2) is 0 Å². The smallest absolute Gasteiger partial charge is 0.0469 e. The quantitative estimate of drug-likeness (QED) is 0.830. The first-order valence-corrected chi connectivity index (χ1v) is 6.08. The van der Waals surface area contributed by atoms with Crippen LogP contribution in [-0.4, -0.2) is 13.2 Å². The summed E-state index contributed by atoms with van der Waals surface area (Å²) in [4.78, 5) is 0. The van der Waals surface area contributed by atoms with Gasteiger partial charge in [0.1, 0.15) is 0 Å². The van der Waals surface area contributed by atoms with E-state index in [1.54, 1.807) is 0 Å². The lowest BCUT2D eigenvalue weighted by molar-refractivity contribution is 0.0584. The van der Waals surface area contributed by atoms with Gasteiger partial charge in [0.05, 0.1) is 0 Å². The summed E-state index contributed by atoms with van der Waals surface area (Å²) in [7, 11) is 0. The number of benzene rings is 1. The fourth-order valence-electron chi connectivity index (χ4n) is 2.55. The molecule has 1 aliphatic heterocycles. The van der Waals surface area contributed by atoms with E-state index in [1.807, 2.05) is 0 Å². The van der Waals surface area contributed by atoms with Crippen molar-refractivity contribution in [3.63, 3.8) is 0 Å². The molecule has 1 aromatic carbocycles. The largest absolute Gasteiger partial charge is 0.381 e. The van der Waals surface area contributed by atoms with Crippen LogP contribution in [0.3, 0.4) is 0 Å². The Hall–Kier alpha value is -0.860. The Balaban J connectivity index is 2.15. The van der Waals surface area contributed by atoms with Crippen molar-refractivity contribution in [2.24, 2.45) is 11.7 Å². The van der Waals surface area contributed by atoms with Gasteiger partial charge in [0.2, 0.25) is 0 Å². The molecule has 2 heteroatoms. The van der Waals surface area contributed by atoms with E-state index in [0.29, 0.717) is 5.92 Å². The minimum atomic E-state index is 0.169. The molecule has 0 unspecified atom stereocenters. The SMILES string of the molecule is Cc1cc(C)cc([C@H](N)C2CCOCC2)c1. The van der Waals surface area contributed by atoms with Crippen molar-refractivity contribution in [3.8, 4) is 0 Å². The Labute approximate surface area is 97.8 Å². The Morgan fingerprint density at radius 3 is 2.25 bits per heavy atom. The molecule has 0 aromatic heterocycles. The van der Waals surface area contributed by atoms with Gasteiger partial charge in [-0.25, -0.2) is 0 Å². The van der Waals surface area contributed by atoms with Crippen molar-refractivity contribution in [1.82, 2.24) is 0 Å². The number of rotatable bonds is 2. The maximum atomic E-state index is 6.35. The predicted molar refractivity (Wildman–Crippen MR) is 66.4 cm³/mol. The number of aryl methyl sites for hydroxylation is 2. The van der Waals surface area contributed by atoms with Crippen LogP contribution in [0.4, 0.5) is 0 Å². The van der Waals surface area contributed by atoms with Crippen molar-refractivity contribution in [1.29, 1.82) is 0 Å². The van der Waals surface area contributed by atoms with Gasteiger partial charge in [0.25, 0.3) is 0 Å². The Kier molecular flexibility index (Phi) is 3.62. The lowest BCUT2D eigenvalue weighted by Crippen LogP contribution is -2.27. The summed E-state index contributed by atoms with van der Waals surface area (Å²) >= 11 is 0. The molecule has 1 aliphatic rings. The van der Waals surface area contributed by atoms with E-state index in [4.69, 9.17) is 10.5 Å². The predicted octanol–water partition coefficient (Wildman–Crippen LogP) is 2.73. The first-order chi connectivity index (χ1) is 7.66. The second kappa shape index (κ2) is 4.98. The molecular weight excluding hydrogens is 198 g/mol. The van der Waals surface area contributed by atoms with Crippen molar-refractivity contribution in [3.05, 3.63) is 34.9 Å². The number of hydrogen-bond acceptors (Lipinski definition) is 2. The van der Waals surface area contributed by atoms with Crippen molar-refractivity contribution in [2.75, 3.05) is 13.2 Å². The van der Waals surface area contributed by atoms with Gasteiger partial charge in [-0.3, -0.25) is 0 Å². The normalized spacial score (nSPS) is 19.7. The molecule has 0 saturated carbocycles. The van der Waals surface area contributed by atoms with E-state index in [0.717, 1.165) is 26.1 Å². The summed E-state index contributed by atoms with van der Waals surface area (Å²) in [6.07, 6.45) is 2.18. The summed E-state index contributed by atoms with van der Waals surface area (Å²) in [5.74, 6) is 0.579. The molecule has 2 rings (SSSR count). The van der Waals surface area contributed by atoms with Crippen LogP contribution in [0.2, 0.25) is 0 Å². The molecule has 0 bridgehead atoms. The second-order valence-electron chi connectivity index (χ2n) is 4.90. The summed E-state index contributed by atoms with van der Waals surface area (Å²) < 4.78 is 5.38. The highest BCUT2D eigenvalue weighted by Crippen LogP contribution is 2.28. The fourth-order valence-corrected chi connectivity index (χ4v) is 2.55. The van der Waals surface area contributed by atoms with E-state index in [9.17, 15) is 0 Å². The summed E-state index contributed by atoms with van der Waals surface area (Å²) in [6, 6.07) is 6.79. The summed E-state index contributed by atoms with van der Waals surface area (Å²) in [5.41, 5.74) is 10.2. The highest BCUT2D eigenvalue weighted by atomic mass is 16.5. The molecule has 1 atom stereocenters. The lowest BCUT2D eigenvalue weighted by atomic mass is 9.87. The third kappa shape index (κ3) is 2.63. The molecule has 0 aliphatic carbocycles. The maximum Gasteiger partial charge on any atom is 0.0469 e. The zero-order chi connectivity index (χ0) is 11.5. The van der Waals surface area contributed by atoms with Gasteiger partial charge in [-0.1, -0.05) is 29.3 Å². The van der Waals surface area contributed by atoms with E-state index >= 15 is 0 Å². The van der Waals surface area contributed by atoms with Crippen LogP contribution in [0, 0.1) is 19.8 Å². The van der Waals surface area contributed by atoms with Gasteiger partial charge < -0.3 is 10.5 Å². The zero-order valence-corrected chi connectivity index (χ0v) is 10.2. The van der Waals surface area contributed by atoms with Crippen LogP contribution < -0.4 is 5.73 Å². The van der Waals surface area contributed by atoms with E-state index in [-0.39, 0.29) is 6.04 Å². The average Bonchev–Trinajstić information content (AvgIpc) is 2.28. The summed E-state index contributed by atoms with van der Waals surface area (Å²) in [6.45, 7) is 5.99. The molecule has 0 spiro atoms. The third-order valence-corrected chi connectivity index (χ3v) is 3.40. The van der Waals surface area contributed by atoms with E-state index in [2.05, 4.69) is 32.0 Å². The van der Waals surface area contributed by atoms with Crippen molar-refractivity contribution in [2.45, 2.75) is 32.7 Å². The maximum absolute atomic E-state index is 6.35. The fraction of sp³-hybridized carbons (Fsp3) is 0.571. The van der Waals surface area contributed by atoms with Crippen molar-refractivity contribution < 1.29 is 4.74 Å². The zero-order valence-electron chi connectivity index (χ0n) is 10.2. The van der Waals surface area contributed by atoms with Gasteiger partial charge in [-0.15, -0.1) is 0 Å². The van der Waals surface area contributed by atoms with Crippen LogP contribution in [-0.2, 0) is 4.74 Å². The van der Waals surface area contributed by atoms with Crippen LogP contribution in [0.25, 0.3) is 0 Å². The molecule has 1 aromatic rings. The number of nitrogens with two attached hydrogens (primary N) is 1. The first kappa shape index (κ1) is 11.6. The highest BCUT2D eigenvalue weighted by molar-refractivity contribution is 5.30. The number of hydrogen-bond donors (Lipinski definition) is 1. The minimum absolute atomic E-state index is 0.169. The standard InChI is InChI=1S/C14H21NO/c1-10-7-11(2)9-13(8-10)14(15)12-3-5-16-6-4-12/h7-9,12,14H,3-6,15H2,1-2H3/t14-/m1/s1. The first-order valence-electron chi connectivity index (χ1n) is 6.08. The Bertz CT molecular complexity index is 336. The van der Waals surface area contributed by atoms with Gasteiger partial charge >= 0.3 is 0 Å². The molecule has 1 heterocycles. The monoisotopic (exact) mass is 219 g/mol. The lowest BCUT2D eigenvalue weighted by Gasteiger charge is -2.28. The second-order valence-corrected chi connectivity index (χ2v) is 4.90.